The number of nitrogens with one attached hydrogen (secondary N) is 4. The zero-order valence-electron chi connectivity index (χ0n) is 11.2. The van der Waals surface area contributed by atoms with Gasteiger partial charge in [0.15, 0.2) is 0 Å². The van der Waals surface area contributed by atoms with E-state index in [2.05, 4.69) is 53.1 Å². The Kier molecular flexibility index (Phi) is 4.86. The molecule has 1 saturated heterocycles. The van der Waals surface area contributed by atoms with Crippen LogP contribution in [0.3, 0.4) is 0 Å². The highest BCUT2D eigenvalue weighted by molar-refractivity contribution is 5.70. The van der Waals surface area contributed by atoms with Gasteiger partial charge in [-0.05, 0) is 17.5 Å². The van der Waals surface area contributed by atoms with E-state index in [1.165, 1.54) is 12.7 Å². The van der Waals surface area contributed by atoms with Crippen LogP contribution in [-0.4, -0.2) is 19.2 Å². The van der Waals surface area contributed by atoms with Gasteiger partial charge in [0.2, 0.25) is 0 Å². The van der Waals surface area contributed by atoms with E-state index in [0.29, 0.717) is 6.42 Å². The number of rotatable bonds is 5. The minimum atomic E-state index is -0.222. The van der Waals surface area contributed by atoms with Gasteiger partial charge in [0, 0.05) is 5.92 Å². The molecule has 1 aliphatic heterocycles. The Labute approximate surface area is 112 Å². The largest absolute Gasteiger partial charge is 0.469 e. The molecule has 0 saturated carbocycles. The molecule has 1 atom stereocenters. The number of methoxy groups -OCH3 is 1. The third kappa shape index (κ3) is 3.51. The molecule has 19 heavy (non-hydrogen) atoms. The normalized spacial score (nSPS) is 17.4. The van der Waals surface area contributed by atoms with Gasteiger partial charge in [-0.3, -0.25) is 4.79 Å². The highest BCUT2D eigenvalue weighted by atomic mass is 16.5. The van der Waals surface area contributed by atoms with Gasteiger partial charge >= 0.3 is 5.97 Å². The Morgan fingerprint density at radius 1 is 1.26 bits per heavy atom. The first kappa shape index (κ1) is 14.0. The number of hydrazine groups is 3. The first-order valence-corrected chi connectivity index (χ1v) is 6.41. The van der Waals surface area contributed by atoms with E-state index in [1.54, 1.807) is 0 Å². The van der Waals surface area contributed by atoms with Crippen LogP contribution >= 0.6 is 0 Å². The molecule has 2 rings (SSSR count). The number of ether oxygens (including phenoxy) is 1. The van der Waals surface area contributed by atoms with Crippen molar-refractivity contribution in [3.05, 3.63) is 35.4 Å². The molecule has 1 fully saturated rings. The lowest BCUT2D eigenvalue weighted by molar-refractivity contribution is -0.141. The Morgan fingerprint density at radius 3 is 2.42 bits per heavy atom. The molecule has 1 aliphatic rings. The third-order valence-electron chi connectivity index (χ3n) is 3.35. The maximum absolute atomic E-state index is 11.6. The van der Waals surface area contributed by atoms with Crippen LogP contribution in [0.15, 0.2) is 24.3 Å². The first-order chi connectivity index (χ1) is 9.24. The molecule has 1 heterocycles. The van der Waals surface area contributed by atoms with E-state index >= 15 is 0 Å². The molecule has 4 N–H and O–H groups in total. The lowest BCUT2D eigenvalue weighted by Gasteiger charge is -2.22. The van der Waals surface area contributed by atoms with Gasteiger partial charge in [0.25, 0.3) is 0 Å². The topological polar surface area (TPSA) is 74.4 Å². The maximum Gasteiger partial charge on any atom is 0.306 e. The molecule has 0 amide bonds. The van der Waals surface area contributed by atoms with Crippen molar-refractivity contribution < 1.29 is 9.53 Å². The number of carbonyl (C=O) groups excluding carboxylic acids is 1. The second-order valence-corrected chi connectivity index (χ2v) is 4.50. The number of hydrogen-bond acceptors (Lipinski definition) is 6. The number of aryl methyl sites for hydroxylation is 1. The van der Waals surface area contributed by atoms with E-state index in [4.69, 9.17) is 4.74 Å². The molecule has 1 aromatic rings. The number of esters is 1. The van der Waals surface area contributed by atoms with Gasteiger partial charge in [0.05, 0.1) is 19.7 Å². The Hall–Kier alpha value is -1.47. The van der Waals surface area contributed by atoms with Crippen LogP contribution in [0.4, 0.5) is 0 Å². The molecule has 0 aliphatic carbocycles. The van der Waals surface area contributed by atoms with Gasteiger partial charge in [-0.2, -0.15) is 11.1 Å². The summed E-state index contributed by atoms with van der Waals surface area (Å²) in [6.45, 7) is 2.12. The maximum atomic E-state index is 11.6. The molecule has 6 nitrogen and oxygen atoms in total. The number of benzene rings is 1. The summed E-state index contributed by atoms with van der Waals surface area (Å²) in [6.07, 6.45) is 1.24. The zero-order valence-corrected chi connectivity index (χ0v) is 11.2. The summed E-state index contributed by atoms with van der Waals surface area (Å²) in [6, 6.07) is 8.31. The molecule has 0 bridgehead atoms. The highest BCUT2D eigenvalue weighted by Crippen LogP contribution is 2.24. The predicted octanol–water partition coefficient (Wildman–Crippen LogP) is 0.339. The summed E-state index contributed by atoms with van der Waals surface area (Å²) in [5, 5.41) is 0. The van der Waals surface area contributed by atoms with Crippen molar-refractivity contribution in [3.8, 4) is 0 Å². The SMILES string of the molecule is CCc1ccc(C(CC(=O)OC)C2NNNN2)cc1. The second kappa shape index (κ2) is 6.63. The van der Waals surface area contributed by atoms with Crippen molar-refractivity contribution in [2.24, 2.45) is 0 Å². The molecule has 0 radical (unpaired) electrons. The molecule has 0 aromatic heterocycles. The van der Waals surface area contributed by atoms with Crippen LogP contribution in [0.5, 0.6) is 0 Å². The van der Waals surface area contributed by atoms with Gasteiger partial charge in [-0.25, -0.2) is 10.9 Å². The van der Waals surface area contributed by atoms with E-state index in [-0.39, 0.29) is 18.1 Å². The second-order valence-electron chi connectivity index (χ2n) is 4.50. The molecule has 0 spiro atoms. The lowest BCUT2D eigenvalue weighted by Crippen LogP contribution is -2.40. The van der Waals surface area contributed by atoms with Crippen LogP contribution in [0.25, 0.3) is 0 Å². The van der Waals surface area contributed by atoms with Crippen molar-refractivity contribution in [1.82, 2.24) is 21.9 Å². The smallest absolute Gasteiger partial charge is 0.306 e. The van der Waals surface area contributed by atoms with Crippen LogP contribution in [0.1, 0.15) is 30.4 Å². The Morgan fingerprint density at radius 2 is 1.89 bits per heavy atom. The predicted molar refractivity (Wildman–Crippen MR) is 71.5 cm³/mol. The monoisotopic (exact) mass is 264 g/mol. The lowest BCUT2D eigenvalue weighted by atomic mass is 9.92. The fraction of sp³-hybridized carbons (Fsp3) is 0.462. The van der Waals surface area contributed by atoms with Crippen LogP contribution in [0, 0.1) is 0 Å². The number of hydrogen-bond donors (Lipinski definition) is 4. The minimum Gasteiger partial charge on any atom is -0.469 e. The summed E-state index contributed by atoms with van der Waals surface area (Å²) < 4.78 is 4.77. The molecular weight excluding hydrogens is 244 g/mol. The van der Waals surface area contributed by atoms with Crippen molar-refractivity contribution in [3.63, 3.8) is 0 Å². The molecule has 1 unspecified atom stereocenters. The number of carbonyl (C=O) groups is 1. The summed E-state index contributed by atoms with van der Waals surface area (Å²) in [4.78, 5) is 11.6. The zero-order chi connectivity index (χ0) is 13.7. The van der Waals surface area contributed by atoms with E-state index < -0.39 is 0 Å². The fourth-order valence-corrected chi connectivity index (χ4v) is 2.16. The van der Waals surface area contributed by atoms with Crippen LogP contribution in [0.2, 0.25) is 0 Å². The van der Waals surface area contributed by atoms with Gasteiger partial charge in [-0.1, -0.05) is 31.2 Å². The van der Waals surface area contributed by atoms with Gasteiger partial charge in [-0.15, -0.1) is 0 Å². The fourth-order valence-electron chi connectivity index (χ4n) is 2.16. The van der Waals surface area contributed by atoms with Crippen molar-refractivity contribution in [2.75, 3.05) is 7.11 Å². The summed E-state index contributed by atoms with van der Waals surface area (Å²) in [5.74, 6) is -0.235. The molecule has 6 heteroatoms. The average Bonchev–Trinajstić information content (AvgIpc) is 2.98. The summed E-state index contributed by atoms with van der Waals surface area (Å²) >= 11 is 0. The van der Waals surface area contributed by atoms with Crippen LogP contribution < -0.4 is 21.9 Å². The van der Waals surface area contributed by atoms with Crippen molar-refractivity contribution in [1.29, 1.82) is 0 Å². The summed E-state index contributed by atoms with van der Waals surface area (Å²) in [5.41, 5.74) is 14.0. The van der Waals surface area contributed by atoms with Gasteiger partial charge in [0.1, 0.15) is 0 Å². The van der Waals surface area contributed by atoms with Crippen LogP contribution in [-0.2, 0) is 16.0 Å². The van der Waals surface area contributed by atoms with E-state index in [1.807, 2.05) is 0 Å². The Balaban J connectivity index is 2.16. The average molecular weight is 264 g/mol. The van der Waals surface area contributed by atoms with E-state index in [0.717, 1.165) is 12.0 Å². The quantitative estimate of drug-likeness (QED) is 0.575. The van der Waals surface area contributed by atoms with E-state index in [9.17, 15) is 4.79 Å². The highest BCUT2D eigenvalue weighted by Gasteiger charge is 2.28. The standard InChI is InChI=1S/C13H20N4O2/c1-3-9-4-6-10(7-5-9)11(8-12(18)19-2)13-14-16-17-15-13/h4-7,11,13-17H,3,8H2,1-2H3. The third-order valence-corrected chi connectivity index (χ3v) is 3.35. The first-order valence-electron chi connectivity index (χ1n) is 6.41. The van der Waals surface area contributed by atoms with Crippen molar-refractivity contribution in [2.45, 2.75) is 31.8 Å². The molecular formula is C13H20N4O2. The minimum absolute atomic E-state index is 0.0131. The molecule has 1 aromatic carbocycles. The molecule has 104 valence electrons. The van der Waals surface area contributed by atoms with Crippen molar-refractivity contribution >= 4 is 5.97 Å². The Bertz CT molecular complexity index is 415. The van der Waals surface area contributed by atoms with Gasteiger partial charge < -0.3 is 4.74 Å². The summed E-state index contributed by atoms with van der Waals surface area (Å²) in [7, 11) is 1.41.